The summed E-state index contributed by atoms with van der Waals surface area (Å²) in [5, 5.41) is 9.61. The van der Waals surface area contributed by atoms with Gasteiger partial charge >= 0.3 is 12.1 Å². The van der Waals surface area contributed by atoms with Crippen LogP contribution in [0.5, 0.6) is 0 Å². The van der Waals surface area contributed by atoms with Crippen LogP contribution in [0.25, 0.3) is 0 Å². The highest BCUT2D eigenvalue weighted by Crippen LogP contribution is 2.09. The molecule has 0 spiro atoms. The molecule has 0 heterocycles. The van der Waals surface area contributed by atoms with E-state index in [1.807, 2.05) is 32.0 Å². The van der Waals surface area contributed by atoms with Crippen molar-refractivity contribution < 1.29 is 38.2 Å². The van der Waals surface area contributed by atoms with E-state index < -0.39 is 66.5 Å². The highest BCUT2D eigenvalue weighted by atomic mass is 16.6. The minimum atomic E-state index is -1.21. The Hall–Kier alpha value is -4.16. The van der Waals surface area contributed by atoms with Crippen LogP contribution in [0.3, 0.4) is 0 Å². The number of nitrogens with one attached hydrogen (secondary N) is 4. The molecule has 0 fully saturated rings. The molecule has 6 N–H and O–H groups in total. The molecule has 1 aromatic carbocycles. The van der Waals surface area contributed by atoms with Crippen molar-refractivity contribution in [3.8, 4) is 0 Å². The number of rotatable bonds is 15. The fraction of sp³-hybridized carbons (Fsp3) is 0.556. The Labute approximate surface area is 234 Å². The van der Waals surface area contributed by atoms with Crippen molar-refractivity contribution in [2.75, 3.05) is 13.1 Å². The van der Waals surface area contributed by atoms with Crippen LogP contribution in [-0.2, 0) is 40.1 Å². The summed E-state index contributed by atoms with van der Waals surface area (Å²) in [7, 11) is 0. The van der Waals surface area contributed by atoms with Crippen LogP contribution in [0.1, 0.15) is 59.4 Å². The summed E-state index contributed by atoms with van der Waals surface area (Å²) in [5.41, 5.74) is 5.20. The number of carbonyl (C=O) groups excluding carboxylic acids is 6. The predicted octanol–water partition coefficient (Wildman–Crippen LogP) is 0.652. The lowest BCUT2D eigenvalue weighted by atomic mass is 10.0. The van der Waals surface area contributed by atoms with E-state index in [1.165, 1.54) is 0 Å². The number of nitrogens with two attached hydrogens (primary N) is 1. The maximum absolute atomic E-state index is 12.7. The number of carbonyl (C=O) groups is 6. The molecule has 2 atom stereocenters. The molecule has 0 saturated heterocycles. The topological polar surface area (TPSA) is 195 Å². The summed E-state index contributed by atoms with van der Waals surface area (Å²) in [4.78, 5) is 73.2. The minimum absolute atomic E-state index is 0.0465. The molecular weight excluding hydrogens is 522 g/mol. The Morgan fingerprint density at radius 2 is 1.45 bits per heavy atom. The molecular formula is C27H41N5O8. The van der Waals surface area contributed by atoms with Crippen molar-refractivity contribution in [2.45, 2.75) is 78.2 Å². The number of hydrogen-bond donors (Lipinski definition) is 5. The molecule has 1 unspecified atom stereocenters. The molecule has 222 valence electrons. The summed E-state index contributed by atoms with van der Waals surface area (Å²) in [6.07, 6.45) is -0.859. The van der Waals surface area contributed by atoms with Crippen molar-refractivity contribution in [3.05, 3.63) is 35.9 Å². The summed E-state index contributed by atoms with van der Waals surface area (Å²) in [6, 6.07) is 6.94. The Bertz CT molecular complexity index is 1020. The first-order chi connectivity index (χ1) is 18.7. The first-order valence-electron chi connectivity index (χ1n) is 13.0. The fourth-order valence-electron chi connectivity index (χ4n) is 3.32. The third-order valence-electron chi connectivity index (χ3n) is 5.10. The number of ether oxygens (including phenoxy) is 2. The molecule has 13 nitrogen and oxygen atoms in total. The Morgan fingerprint density at radius 3 is 2.00 bits per heavy atom. The molecule has 0 aliphatic heterocycles. The average Bonchev–Trinajstić information content (AvgIpc) is 2.85. The Balaban J connectivity index is 2.68. The molecule has 0 saturated carbocycles. The van der Waals surface area contributed by atoms with Gasteiger partial charge in [0, 0.05) is 6.42 Å². The lowest BCUT2D eigenvalue weighted by Gasteiger charge is -2.21. The molecule has 13 heteroatoms. The van der Waals surface area contributed by atoms with Crippen LogP contribution in [0.4, 0.5) is 4.79 Å². The van der Waals surface area contributed by atoms with Gasteiger partial charge in [-0.15, -0.1) is 0 Å². The number of alkyl carbamates (subject to hydrolysis) is 1. The largest absolute Gasteiger partial charge is 0.459 e. The van der Waals surface area contributed by atoms with Gasteiger partial charge in [-0.25, -0.2) is 9.59 Å². The van der Waals surface area contributed by atoms with Crippen molar-refractivity contribution >= 4 is 35.7 Å². The first-order valence-corrected chi connectivity index (χ1v) is 13.0. The van der Waals surface area contributed by atoms with Gasteiger partial charge in [0.1, 0.15) is 30.8 Å². The lowest BCUT2D eigenvalue weighted by molar-refractivity contribution is -0.149. The van der Waals surface area contributed by atoms with Crippen LogP contribution in [-0.4, -0.2) is 66.5 Å². The summed E-state index contributed by atoms with van der Waals surface area (Å²) in [5.74, 6) is -3.37. The standard InChI is InChI=1S/C27H41N5O8/c1-17(2)13-20(25(37)39-16-18-9-7-6-8-10-18)32-22(34)14-29-24(36)19(11-12-21(28)33)31-23(35)15-30-26(38)40-27(3,4)5/h6-10,17,19-20H,11-16H2,1-5H3,(H2,28,33)(H,29,36)(H,30,38)(H,31,35)(H,32,34)/t19-,20?/m0/s1. The summed E-state index contributed by atoms with van der Waals surface area (Å²) >= 11 is 0. The van der Waals surface area contributed by atoms with E-state index in [0.29, 0.717) is 6.42 Å². The van der Waals surface area contributed by atoms with Crippen LogP contribution in [0.15, 0.2) is 30.3 Å². The Kier molecular flexibility index (Phi) is 14.2. The second-order valence-corrected chi connectivity index (χ2v) is 10.5. The van der Waals surface area contributed by atoms with Gasteiger partial charge < -0.3 is 36.5 Å². The maximum atomic E-state index is 12.7. The smallest absolute Gasteiger partial charge is 0.408 e. The van der Waals surface area contributed by atoms with E-state index in [0.717, 1.165) is 5.56 Å². The average molecular weight is 564 g/mol. The van der Waals surface area contributed by atoms with E-state index in [9.17, 15) is 28.8 Å². The molecule has 0 bridgehead atoms. The van der Waals surface area contributed by atoms with Crippen LogP contribution >= 0.6 is 0 Å². The number of primary amides is 1. The Morgan fingerprint density at radius 1 is 0.875 bits per heavy atom. The van der Waals surface area contributed by atoms with Gasteiger partial charge in [-0.3, -0.25) is 19.2 Å². The predicted molar refractivity (Wildman–Crippen MR) is 145 cm³/mol. The van der Waals surface area contributed by atoms with Gasteiger partial charge in [-0.2, -0.15) is 0 Å². The number of amides is 5. The van der Waals surface area contributed by atoms with Crippen LogP contribution in [0.2, 0.25) is 0 Å². The quantitative estimate of drug-likeness (QED) is 0.192. The maximum Gasteiger partial charge on any atom is 0.408 e. The number of esters is 1. The van der Waals surface area contributed by atoms with Gasteiger partial charge in [-0.05, 0) is 45.1 Å². The van der Waals surface area contributed by atoms with Crippen molar-refractivity contribution in [2.24, 2.45) is 11.7 Å². The van der Waals surface area contributed by atoms with Crippen LogP contribution in [0, 0.1) is 5.92 Å². The fourth-order valence-corrected chi connectivity index (χ4v) is 3.32. The van der Waals surface area contributed by atoms with Crippen LogP contribution < -0.4 is 27.0 Å². The summed E-state index contributed by atoms with van der Waals surface area (Å²) in [6.45, 7) is 7.80. The van der Waals surface area contributed by atoms with Gasteiger partial charge in [0.2, 0.25) is 23.6 Å². The monoisotopic (exact) mass is 563 g/mol. The number of benzene rings is 1. The first kappa shape index (κ1) is 33.9. The lowest BCUT2D eigenvalue weighted by Crippen LogP contribution is -2.52. The molecule has 1 aromatic rings. The zero-order valence-electron chi connectivity index (χ0n) is 23.7. The van der Waals surface area contributed by atoms with E-state index >= 15 is 0 Å². The third-order valence-corrected chi connectivity index (χ3v) is 5.10. The second kappa shape index (κ2) is 16.7. The highest BCUT2D eigenvalue weighted by Gasteiger charge is 2.26. The molecule has 0 radical (unpaired) electrons. The molecule has 5 amide bonds. The SMILES string of the molecule is CC(C)CC(NC(=O)CNC(=O)[C@H](CCC(N)=O)NC(=O)CNC(=O)OC(C)(C)C)C(=O)OCc1ccccc1. The molecule has 0 aliphatic carbocycles. The summed E-state index contributed by atoms with van der Waals surface area (Å²) < 4.78 is 10.4. The van der Waals surface area contributed by atoms with E-state index in [4.69, 9.17) is 15.2 Å². The molecule has 40 heavy (non-hydrogen) atoms. The van der Waals surface area contributed by atoms with Gasteiger partial charge in [0.15, 0.2) is 0 Å². The van der Waals surface area contributed by atoms with E-state index in [1.54, 1.807) is 32.9 Å². The third kappa shape index (κ3) is 15.3. The zero-order valence-corrected chi connectivity index (χ0v) is 23.7. The van der Waals surface area contributed by atoms with E-state index in [-0.39, 0.29) is 25.4 Å². The van der Waals surface area contributed by atoms with Crippen molar-refractivity contribution in [3.63, 3.8) is 0 Å². The van der Waals surface area contributed by atoms with Gasteiger partial charge in [0.05, 0.1) is 6.54 Å². The molecule has 0 aromatic heterocycles. The van der Waals surface area contributed by atoms with Crippen molar-refractivity contribution in [1.82, 2.24) is 21.3 Å². The van der Waals surface area contributed by atoms with Gasteiger partial charge in [0.25, 0.3) is 0 Å². The minimum Gasteiger partial charge on any atom is -0.459 e. The van der Waals surface area contributed by atoms with Crippen molar-refractivity contribution in [1.29, 1.82) is 0 Å². The molecule has 0 aliphatic rings. The molecule has 1 rings (SSSR count). The van der Waals surface area contributed by atoms with Gasteiger partial charge in [-0.1, -0.05) is 44.2 Å². The zero-order chi connectivity index (χ0) is 30.3. The normalized spacial score (nSPS) is 12.4. The van der Waals surface area contributed by atoms with E-state index in [2.05, 4.69) is 21.3 Å². The highest BCUT2D eigenvalue weighted by molar-refractivity contribution is 5.92. The number of hydrogen-bond acceptors (Lipinski definition) is 8. The second-order valence-electron chi connectivity index (χ2n) is 10.5.